The summed E-state index contributed by atoms with van der Waals surface area (Å²) in [6.07, 6.45) is 3.34. The zero-order valence-electron chi connectivity index (χ0n) is 17.1. The van der Waals surface area contributed by atoms with E-state index >= 15 is 0 Å². The number of nitrogens with one attached hydrogen (secondary N) is 2. The molecule has 2 aliphatic rings. The van der Waals surface area contributed by atoms with Crippen LogP contribution in [0.5, 0.6) is 0 Å². The molecular weight excluding hydrogens is 387 g/mol. The van der Waals surface area contributed by atoms with E-state index in [1.54, 1.807) is 0 Å². The molecule has 2 fully saturated rings. The van der Waals surface area contributed by atoms with Crippen molar-refractivity contribution < 1.29 is 28.8 Å². The van der Waals surface area contributed by atoms with Crippen LogP contribution in [0.1, 0.15) is 58.8 Å². The van der Waals surface area contributed by atoms with Crippen LogP contribution in [0.2, 0.25) is 0 Å². The van der Waals surface area contributed by atoms with Crippen LogP contribution < -0.4 is 10.6 Å². The predicted octanol–water partition coefficient (Wildman–Crippen LogP) is -0.131. The normalized spacial score (nSPS) is 22.5. The van der Waals surface area contributed by atoms with Gasteiger partial charge in [0.1, 0.15) is 0 Å². The lowest BCUT2D eigenvalue weighted by Crippen LogP contribution is -2.49. The Morgan fingerprint density at radius 3 is 2.10 bits per heavy atom. The summed E-state index contributed by atoms with van der Waals surface area (Å²) in [4.78, 5) is 65.1. The minimum absolute atomic E-state index is 0.0185. The van der Waals surface area contributed by atoms with Gasteiger partial charge < -0.3 is 15.5 Å². The van der Waals surface area contributed by atoms with Crippen LogP contribution in [-0.2, 0) is 28.8 Å². The minimum atomic E-state index is -0.771. The average Bonchev–Trinajstić information content (AvgIpc) is 2.97. The van der Waals surface area contributed by atoms with Crippen LogP contribution in [0, 0.1) is 0 Å². The maximum absolute atomic E-state index is 12.1. The van der Waals surface area contributed by atoms with E-state index < -0.39 is 17.8 Å². The molecule has 0 bridgehead atoms. The highest BCUT2D eigenvalue weighted by atomic mass is 16.8. The molecule has 0 aromatic carbocycles. The molecule has 162 valence electrons. The van der Waals surface area contributed by atoms with Crippen LogP contribution in [0.3, 0.4) is 0 Å². The highest BCUT2D eigenvalue weighted by Gasteiger charge is 2.32. The molecule has 2 aliphatic heterocycles. The Morgan fingerprint density at radius 2 is 1.48 bits per heavy atom. The quantitative estimate of drug-likeness (QED) is 0.304. The average molecular weight is 417 g/mol. The molecular formula is C19H30N4O6. The van der Waals surface area contributed by atoms with Crippen LogP contribution in [0.25, 0.3) is 0 Å². The second kappa shape index (κ2) is 10.9. The predicted molar refractivity (Wildman–Crippen MR) is 102 cm³/mol. The molecule has 0 aliphatic carbocycles. The number of hydroxylamine groups is 2. The van der Waals surface area contributed by atoms with E-state index in [0.29, 0.717) is 23.7 Å². The topological polar surface area (TPSA) is 125 Å². The van der Waals surface area contributed by atoms with E-state index in [2.05, 4.69) is 29.4 Å². The van der Waals surface area contributed by atoms with Gasteiger partial charge in [-0.15, -0.1) is 5.06 Å². The molecule has 2 saturated heterocycles. The third kappa shape index (κ3) is 7.12. The Labute approximate surface area is 170 Å². The van der Waals surface area contributed by atoms with Gasteiger partial charge in [-0.3, -0.25) is 24.1 Å². The van der Waals surface area contributed by atoms with Crippen molar-refractivity contribution in [2.45, 2.75) is 70.9 Å². The fraction of sp³-hybridized carbons (Fsp3) is 0.737. The maximum atomic E-state index is 12.1. The molecule has 0 aromatic rings. The Bertz CT molecular complexity index is 627. The van der Waals surface area contributed by atoms with Gasteiger partial charge >= 0.3 is 5.97 Å². The number of hydrogen-bond donors (Lipinski definition) is 2. The van der Waals surface area contributed by atoms with Gasteiger partial charge in [0, 0.05) is 44.4 Å². The number of likely N-dealkylation sites (tertiary alicyclic amines) is 1. The first-order valence-corrected chi connectivity index (χ1v) is 10.1. The van der Waals surface area contributed by atoms with Gasteiger partial charge in [-0.25, -0.2) is 4.79 Å². The number of imide groups is 1. The smallest absolute Gasteiger partial charge is 0.334 e. The van der Waals surface area contributed by atoms with E-state index in [4.69, 9.17) is 4.84 Å². The molecule has 0 spiro atoms. The highest BCUT2D eigenvalue weighted by molar-refractivity contribution is 6.01. The Kier molecular flexibility index (Phi) is 8.56. The van der Waals surface area contributed by atoms with Crippen molar-refractivity contribution in [3.05, 3.63) is 0 Å². The summed E-state index contributed by atoms with van der Waals surface area (Å²) in [6.45, 7) is 4.80. The van der Waals surface area contributed by atoms with Gasteiger partial charge in [0.25, 0.3) is 11.8 Å². The lowest BCUT2D eigenvalue weighted by molar-refractivity contribution is -0.197. The SMILES string of the molecule is CC1CCCC(C)N1C[13C](=O)[15NH][13CH2][13CH2][13C](=O)[15NH]CC[13C](=O)ON1C(=O)CCC1=O. The number of piperidine rings is 1. The van der Waals surface area contributed by atoms with Gasteiger partial charge in [-0.2, -0.15) is 0 Å². The molecule has 2 N–H and O–H groups in total. The molecule has 0 aromatic heterocycles. The summed E-state index contributed by atoms with van der Waals surface area (Å²) >= 11 is 0. The van der Waals surface area contributed by atoms with Gasteiger partial charge in [-0.1, -0.05) is 6.42 Å². The molecule has 0 saturated carbocycles. The standard InChI is InChI=1S/C19H30N4O6/c1-13-4-3-5-14(2)22(13)12-16(25)21-10-8-15(24)20-11-9-19(28)29-23-17(26)6-7-18(23)27/h13-14H,3-12H2,1-2H3,(H,20,24)(H,21,25)/i8+1,10+1,15+1,16+1,19+1,20+1,21+1. The van der Waals surface area contributed by atoms with Crippen LogP contribution >= 0.6 is 0 Å². The van der Waals surface area contributed by atoms with Crippen molar-refractivity contribution in [2.24, 2.45) is 0 Å². The molecule has 10 heteroatoms. The first-order chi connectivity index (χ1) is 13.8. The van der Waals surface area contributed by atoms with Gasteiger partial charge in [0.2, 0.25) is 11.8 Å². The molecule has 4 amide bonds. The molecule has 2 rings (SSSR count). The van der Waals surface area contributed by atoms with Crippen LogP contribution in [0.4, 0.5) is 0 Å². The summed E-state index contributed by atoms with van der Waals surface area (Å²) < 4.78 is 0. The maximum Gasteiger partial charge on any atom is 0.334 e. The lowest BCUT2D eigenvalue weighted by Gasteiger charge is -2.38. The third-order valence-electron chi connectivity index (χ3n) is 5.23. The Morgan fingerprint density at radius 1 is 0.931 bits per heavy atom. The highest BCUT2D eigenvalue weighted by Crippen LogP contribution is 2.21. The summed E-state index contributed by atoms with van der Waals surface area (Å²) in [5.41, 5.74) is 0. The fourth-order valence-electron chi connectivity index (χ4n) is 3.52. The summed E-state index contributed by atoms with van der Waals surface area (Å²) in [7, 11) is 0. The Hall–Kier alpha value is -2.49. The van der Waals surface area contributed by atoms with E-state index in [1.165, 1.54) is 6.42 Å². The molecule has 2 heterocycles. The molecule has 0 radical (unpaired) electrons. The zero-order chi connectivity index (χ0) is 21.4. The fourth-order valence-corrected chi connectivity index (χ4v) is 3.52. The van der Waals surface area contributed by atoms with Gasteiger partial charge in [0.05, 0.1) is 13.0 Å². The summed E-state index contributed by atoms with van der Waals surface area (Å²) in [5, 5.41) is 5.76. The number of carbonyl (C=O) groups excluding carboxylic acids is 5. The van der Waals surface area contributed by atoms with Crippen LogP contribution in [0.15, 0.2) is 0 Å². The number of amides is 4. The first-order valence-electron chi connectivity index (χ1n) is 10.1. The van der Waals surface area contributed by atoms with Crippen molar-refractivity contribution in [1.29, 1.82) is 0 Å². The minimum Gasteiger partial charge on any atom is -0.355 e. The van der Waals surface area contributed by atoms with Crippen molar-refractivity contribution in [1.82, 2.24) is 20.6 Å². The molecule has 10 nitrogen and oxygen atoms in total. The largest absolute Gasteiger partial charge is 0.355 e. The number of rotatable bonds is 9. The Balaban J connectivity index is 1.56. The lowest BCUT2D eigenvalue weighted by atomic mass is 9.98. The van der Waals surface area contributed by atoms with Crippen molar-refractivity contribution in [3.8, 4) is 0 Å². The monoisotopic (exact) mass is 417 g/mol. The van der Waals surface area contributed by atoms with E-state index in [-0.39, 0.29) is 50.6 Å². The molecule has 29 heavy (non-hydrogen) atoms. The van der Waals surface area contributed by atoms with Gasteiger partial charge in [0.15, 0.2) is 0 Å². The zero-order valence-corrected chi connectivity index (χ0v) is 17.1. The first kappa shape index (κ1) is 22.8. The van der Waals surface area contributed by atoms with Crippen LogP contribution in [-0.4, -0.2) is 71.3 Å². The molecule has 2 atom stereocenters. The second-order valence-electron chi connectivity index (χ2n) is 7.55. The van der Waals surface area contributed by atoms with Gasteiger partial charge in [-0.05, 0) is 26.7 Å². The number of hydrogen-bond acceptors (Lipinski definition) is 7. The van der Waals surface area contributed by atoms with E-state index in [0.717, 1.165) is 12.8 Å². The summed E-state index contributed by atoms with van der Waals surface area (Å²) in [6, 6.07) is 0.748. The third-order valence-corrected chi connectivity index (χ3v) is 5.23. The summed E-state index contributed by atoms with van der Waals surface area (Å²) in [5.74, 6) is -2.28. The van der Waals surface area contributed by atoms with Crippen molar-refractivity contribution >= 4 is 29.6 Å². The number of carbonyl (C=O) groups is 5. The number of nitrogens with zero attached hydrogens (tertiary/aromatic N) is 2. The van der Waals surface area contributed by atoms with Crippen molar-refractivity contribution in [3.63, 3.8) is 0 Å². The van der Waals surface area contributed by atoms with E-state index in [9.17, 15) is 24.0 Å². The van der Waals surface area contributed by atoms with Crippen molar-refractivity contribution in [2.75, 3.05) is 19.6 Å². The molecule has 2 unspecified atom stereocenters. The second-order valence-corrected chi connectivity index (χ2v) is 7.55. The van der Waals surface area contributed by atoms with E-state index in [1.807, 2.05) is 0 Å².